The van der Waals surface area contributed by atoms with Gasteiger partial charge < -0.3 is 9.64 Å². The van der Waals surface area contributed by atoms with Crippen LogP contribution in [0.2, 0.25) is 0 Å². The van der Waals surface area contributed by atoms with Crippen molar-refractivity contribution in [1.29, 1.82) is 0 Å². The normalized spacial score (nSPS) is 23.4. The fraction of sp³-hybridized carbons (Fsp3) is 0.923. The molecule has 0 aromatic carbocycles. The van der Waals surface area contributed by atoms with Gasteiger partial charge in [-0.25, -0.2) is 0 Å². The van der Waals surface area contributed by atoms with Gasteiger partial charge in [0.1, 0.15) is 0 Å². The van der Waals surface area contributed by atoms with Crippen LogP contribution >= 0.6 is 11.8 Å². The van der Waals surface area contributed by atoms with E-state index in [-0.39, 0.29) is 5.97 Å². The van der Waals surface area contributed by atoms with Gasteiger partial charge in [-0.3, -0.25) is 4.79 Å². The first-order valence-corrected chi connectivity index (χ1v) is 7.57. The number of thioether (sulfide) groups is 1. The largest absolute Gasteiger partial charge is 0.469 e. The maximum Gasteiger partial charge on any atom is 0.306 e. The highest BCUT2D eigenvalue weighted by molar-refractivity contribution is 7.99. The molecule has 0 N–H and O–H groups in total. The van der Waals surface area contributed by atoms with E-state index in [2.05, 4.69) is 23.6 Å². The SMILES string of the molecule is COC(=O)CC(C)SCCC1CCCCN1C. The first-order valence-electron chi connectivity index (χ1n) is 6.52. The molecule has 2 atom stereocenters. The third-order valence-corrected chi connectivity index (χ3v) is 4.66. The minimum atomic E-state index is -0.0974. The summed E-state index contributed by atoms with van der Waals surface area (Å²) in [6.07, 6.45) is 5.83. The number of carbonyl (C=O) groups excluding carboxylic acids is 1. The van der Waals surface area contributed by atoms with Crippen molar-refractivity contribution in [3.05, 3.63) is 0 Å². The van der Waals surface area contributed by atoms with Gasteiger partial charge in [-0.2, -0.15) is 11.8 Å². The summed E-state index contributed by atoms with van der Waals surface area (Å²) in [5.41, 5.74) is 0. The number of hydrogen-bond donors (Lipinski definition) is 0. The topological polar surface area (TPSA) is 29.5 Å². The van der Waals surface area contributed by atoms with E-state index in [1.54, 1.807) is 0 Å². The molecule has 1 saturated heterocycles. The van der Waals surface area contributed by atoms with E-state index in [1.165, 1.54) is 39.3 Å². The molecule has 0 aliphatic carbocycles. The summed E-state index contributed by atoms with van der Waals surface area (Å²) in [4.78, 5) is 13.6. The Kier molecular flexibility index (Phi) is 6.97. The number of esters is 1. The highest BCUT2D eigenvalue weighted by Gasteiger charge is 2.19. The number of methoxy groups -OCH3 is 1. The average Bonchev–Trinajstić information content (AvgIpc) is 2.31. The molecule has 0 amide bonds. The lowest BCUT2D eigenvalue weighted by Crippen LogP contribution is -2.36. The zero-order valence-electron chi connectivity index (χ0n) is 11.3. The van der Waals surface area contributed by atoms with E-state index in [9.17, 15) is 4.79 Å². The summed E-state index contributed by atoms with van der Waals surface area (Å²) < 4.78 is 4.67. The van der Waals surface area contributed by atoms with Crippen LogP contribution < -0.4 is 0 Å². The number of nitrogens with zero attached hydrogens (tertiary/aromatic N) is 1. The maximum absolute atomic E-state index is 11.1. The number of piperidine rings is 1. The maximum atomic E-state index is 11.1. The Hall–Kier alpha value is -0.220. The zero-order chi connectivity index (χ0) is 12.7. The molecule has 3 nitrogen and oxygen atoms in total. The Morgan fingerprint density at radius 2 is 2.29 bits per heavy atom. The van der Waals surface area contributed by atoms with E-state index < -0.39 is 0 Å². The highest BCUT2D eigenvalue weighted by atomic mass is 32.2. The lowest BCUT2D eigenvalue weighted by atomic mass is 10.0. The van der Waals surface area contributed by atoms with Crippen LogP contribution in [-0.2, 0) is 9.53 Å². The molecule has 1 fully saturated rings. The van der Waals surface area contributed by atoms with E-state index >= 15 is 0 Å². The summed E-state index contributed by atoms with van der Waals surface area (Å²) >= 11 is 1.89. The highest BCUT2D eigenvalue weighted by Crippen LogP contribution is 2.22. The number of ether oxygens (including phenoxy) is 1. The molecule has 100 valence electrons. The number of rotatable bonds is 6. The average molecular weight is 259 g/mol. The minimum absolute atomic E-state index is 0.0974. The Balaban J connectivity index is 2.11. The number of likely N-dealkylation sites (tertiary alicyclic amines) is 1. The predicted octanol–water partition coefficient (Wildman–Crippen LogP) is 2.55. The molecule has 1 aliphatic rings. The van der Waals surface area contributed by atoms with Crippen molar-refractivity contribution in [2.75, 3.05) is 26.5 Å². The van der Waals surface area contributed by atoms with Crippen LogP contribution in [0.25, 0.3) is 0 Å². The van der Waals surface area contributed by atoms with Crippen LogP contribution in [0.15, 0.2) is 0 Å². The third kappa shape index (κ3) is 5.77. The lowest BCUT2D eigenvalue weighted by molar-refractivity contribution is -0.140. The van der Waals surface area contributed by atoms with Gasteiger partial charge >= 0.3 is 5.97 Å². The van der Waals surface area contributed by atoms with Gasteiger partial charge in [-0.05, 0) is 38.6 Å². The molecular formula is C13H25NO2S. The summed E-state index contributed by atoms with van der Waals surface area (Å²) in [6.45, 7) is 3.35. The van der Waals surface area contributed by atoms with Crippen molar-refractivity contribution >= 4 is 17.7 Å². The quantitative estimate of drug-likeness (QED) is 0.686. The number of hydrogen-bond acceptors (Lipinski definition) is 4. The van der Waals surface area contributed by atoms with E-state index in [0.717, 1.165) is 11.8 Å². The summed E-state index contributed by atoms with van der Waals surface area (Å²) in [7, 11) is 3.68. The van der Waals surface area contributed by atoms with E-state index in [1.807, 2.05) is 11.8 Å². The lowest BCUT2D eigenvalue weighted by Gasteiger charge is -2.32. The summed E-state index contributed by atoms with van der Waals surface area (Å²) in [6, 6.07) is 0.751. The monoisotopic (exact) mass is 259 g/mol. The minimum Gasteiger partial charge on any atom is -0.469 e. The first-order chi connectivity index (χ1) is 8.13. The summed E-state index contributed by atoms with van der Waals surface area (Å²) in [5, 5.41) is 0.372. The molecule has 1 aliphatic heterocycles. The molecule has 0 saturated carbocycles. The summed E-state index contributed by atoms with van der Waals surface area (Å²) in [5.74, 6) is 1.05. The molecule has 0 radical (unpaired) electrons. The van der Waals surface area contributed by atoms with Crippen LogP contribution in [0.5, 0.6) is 0 Å². The smallest absolute Gasteiger partial charge is 0.306 e. The second-order valence-corrected chi connectivity index (χ2v) is 6.43. The number of carbonyl (C=O) groups is 1. The Morgan fingerprint density at radius 1 is 1.53 bits per heavy atom. The van der Waals surface area contributed by atoms with Crippen molar-refractivity contribution in [2.45, 2.75) is 50.3 Å². The fourth-order valence-electron chi connectivity index (χ4n) is 2.29. The molecule has 0 bridgehead atoms. The molecule has 1 heterocycles. The Bertz CT molecular complexity index is 235. The molecule has 2 unspecified atom stereocenters. The predicted molar refractivity (Wildman–Crippen MR) is 73.4 cm³/mol. The molecule has 0 aromatic rings. The Morgan fingerprint density at radius 3 is 2.94 bits per heavy atom. The zero-order valence-corrected chi connectivity index (χ0v) is 12.1. The van der Waals surface area contributed by atoms with Gasteiger partial charge in [0.2, 0.25) is 0 Å². The van der Waals surface area contributed by atoms with Crippen LogP contribution in [-0.4, -0.2) is 48.6 Å². The van der Waals surface area contributed by atoms with Crippen molar-refractivity contribution in [3.63, 3.8) is 0 Å². The van der Waals surface area contributed by atoms with Gasteiger partial charge in [0.25, 0.3) is 0 Å². The van der Waals surface area contributed by atoms with Gasteiger partial charge in [-0.1, -0.05) is 13.3 Å². The standard InChI is InChI=1S/C13H25NO2S/c1-11(10-13(15)16-3)17-9-7-12-6-4-5-8-14(12)2/h11-12H,4-10H2,1-3H3. The van der Waals surface area contributed by atoms with Crippen LogP contribution in [0.1, 0.15) is 39.0 Å². The van der Waals surface area contributed by atoms with Crippen molar-refractivity contribution in [2.24, 2.45) is 0 Å². The molecule has 1 rings (SSSR count). The van der Waals surface area contributed by atoms with Gasteiger partial charge in [0, 0.05) is 11.3 Å². The van der Waals surface area contributed by atoms with Crippen molar-refractivity contribution in [1.82, 2.24) is 4.90 Å². The van der Waals surface area contributed by atoms with Crippen LogP contribution in [0.4, 0.5) is 0 Å². The van der Waals surface area contributed by atoms with E-state index in [0.29, 0.717) is 11.7 Å². The second kappa shape index (κ2) is 7.98. The second-order valence-electron chi connectivity index (χ2n) is 4.88. The van der Waals surface area contributed by atoms with Gasteiger partial charge in [0.15, 0.2) is 0 Å². The molecule has 0 spiro atoms. The van der Waals surface area contributed by atoms with Gasteiger partial charge in [0.05, 0.1) is 13.5 Å². The van der Waals surface area contributed by atoms with Gasteiger partial charge in [-0.15, -0.1) is 0 Å². The van der Waals surface area contributed by atoms with Crippen molar-refractivity contribution in [3.8, 4) is 0 Å². The van der Waals surface area contributed by atoms with Crippen LogP contribution in [0.3, 0.4) is 0 Å². The molecule has 0 aromatic heterocycles. The molecule has 4 heteroatoms. The van der Waals surface area contributed by atoms with Crippen molar-refractivity contribution < 1.29 is 9.53 Å². The fourth-order valence-corrected chi connectivity index (χ4v) is 3.36. The first kappa shape index (κ1) is 14.8. The van der Waals surface area contributed by atoms with E-state index in [4.69, 9.17) is 0 Å². The third-order valence-electron chi connectivity index (χ3n) is 3.46. The molecule has 17 heavy (non-hydrogen) atoms. The van der Waals surface area contributed by atoms with Crippen LogP contribution in [0, 0.1) is 0 Å². The Labute approximate surface area is 109 Å². The molecular weight excluding hydrogens is 234 g/mol.